The second-order valence-corrected chi connectivity index (χ2v) is 3.04. The molecule has 2 nitrogen and oxygen atoms in total. The molecule has 0 aliphatic carbocycles. The fraction of sp³-hybridized carbons (Fsp3) is 0.125. The zero-order valence-corrected chi connectivity index (χ0v) is 8.02. The Morgan fingerprint density at radius 1 is 1.58 bits per heavy atom. The number of thiol groups is 1. The Morgan fingerprint density at radius 3 is 2.92 bits per heavy atom. The van der Waals surface area contributed by atoms with Gasteiger partial charge in [0.25, 0.3) is 0 Å². The molecule has 0 bridgehead atoms. The van der Waals surface area contributed by atoms with Gasteiger partial charge in [0, 0.05) is 4.90 Å². The number of rotatable bonds is 2. The smallest absolute Gasteiger partial charge is 0.115 e. The molecular formula is C8H9ClN2S. The summed E-state index contributed by atoms with van der Waals surface area (Å²) in [5.41, 5.74) is 6.23. The van der Waals surface area contributed by atoms with E-state index in [0.29, 0.717) is 5.84 Å². The van der Waals surface area contributed by atoms with Crippen molar-refractivity contribution in [2.24, 2.45) is 10.7 Å². The Kier molecular flexibility index (Phi) is 3.44. The third-order valence-electron chi connectivity index (χ3n) is 1.24. The van der Waals surface area contributed by atoms with E-state index < -0.39 is 0 Å². The molecule has 64 valence electrons. The summed E-state index contributed by atoms with van der Waals surface area (Å²) in [5.74, 6) is 0.659. The number of benzene rings is 1. The van der Waals surface area contributed by atoms with Gasteiger partial charge in [-0.25, -0.2) is 4.99 Å². The molecule has 0 radical (unpaired) electrons. The van der Waals surface area contributed by atoms with Gasteiger partial charge in [0.1, 0.15) is 5.84 Å². The van der Waals surface area contributed by atoms with E-state index in [-0.39, 0.29) is 5.88 Å². The zero-order valence-electron chi connectivity index (χ0n) is 6.37. The van der Waals surface area contributed by atoms with Crippen molar-refractivity contribution in [1.82, 2.24) is 0 Å². The van der Waals surface area contributed by atoms with Crippen LogP contribution in [0.1, 0.15) is 0 Å². The maximum Gasteiger partial charge on any atom is 0.115 e. The molecule has 0 saturated heterocycles. The highest BCUT2D eigenvalue weighted by Crippen LogP contribution is 2.16. The zero-order chi connectivity index (χ0) is 8.97. The Balaban J connectivity index is 2.89. The van der Waals surface area contributed by atoms with E-state index in [4.69, 9.17) is 17.3 Å². The maximum absolute atomic E-state index is 5.47. The van der Waals surface area contributed by atoms with Crippen LogP contribution in [0.15, 0.2) is 34.2 Å². The van der Waals surface area contributed by atoms with E-state index in [1.165, 1.54) is 0 Å². The van der Waals surface area contributed by atoms with Crippen LogP contribution >= 0.6 is 24.2 Å². The second kappa shape index (κ2) is 4.38. The van der Waals surface area contributed by atoms with E-state index in [0.717, 1.165) is 10.6 Å². The monoisotopic (exact) mass is 200 g/mol. The lowest BCUT2D eigenvalue weighted by atomic mass is 10.3. The summed E-state index contributed by atoms with van der Waals surface area (Å²) in [6.45, 7) is 0. The molecule has 0 unspecified atom stereocenters. The number of halogens is 1. The van der Waals surface area contributed by atoms with Crippen LogP contribution in [0.4, 0.5) is 5.69 Å². The molecule has 0 atom stereocenters. The molecule has 0 aliphatic heterocycles. The van der Waals surface area contributed by atoms with E-state index in [9.17, 15) is 0 Å². The first-order valence-electron chi connectivity index (χ1n) is 3.40. The molecule has 0 heterocycles. The summed E-state index contributed by atoms with van der Waals surface area (Å²) < 4.78 is 0. The number of nitrogens with two attached hydrogens (primary N) is 1. The van der Waals surface area contributed by atoms with E-state index in [1.54, 1.807) is 0 Å². The average Bonchev–Trinajstić information content (AvgIpc) is 2.04. The average molecular weight is 201 g/mol. The molecule has 4 heteroatoms. The largest absolute Gasteiger partial charge is 0.386 e. The minimum atomic E-state index is 0.247. The summed E-state index contributed by atoms with van der Waals surface area (Å²) in [4.78, 5) is 4.91. The molecular weight excluding hydrogens is 192 g/mol. The molecule has 0 amide bonds. The highest BCUT2D eigenvalue weighted by atomic mass is 35.5. The van der Waals surface area contributed by atoms with Crippen molar-refractivity contribution in [3.63, 3.8) is 0 Å². The normalized spacial score (nSPS) is 11.7. The summed E-state index contributed by atoms with van der Waals surface area (Å²) in [5, 5.41) is 0. The van der Waals surface area contributed by atoms with Crippen molar-refractivity contribution in [3.05, 3.63) is 24.3 Å². The Morgan fingerprint density at radius 2 is 2.33 bits per heavy atom. The molecule has 1 aromatic rings. The number of hydrogen-bond acceptors (Lipinski definition) is 2. The quantitative estimate of drug-likeness (QED) is 0.327. The fourth-order valence-electron chi connectivity index (χ4n) is 0.758. The lowest BCUT2D eigenvalue weighted by Gasteiger charge is -1.96. The van der Waals surface area contributed by atoms with Crippen LogP contribution in [0.3, 0.4) is 0 Å². The second-order valence-electron chi connectivity index (χ2n) is 2.26. The van der Waals surface area contributed by atoms with Crippen LogP contribution in [0.25, 0.3) is 0 Å². The Hall–Kier alpha value is -0.670. The van der Waals surface area contributed by atoms with Crippen LogP contribution in [0, 0.1) is 0 Å². The first-order valence-corrected chi connectivity index (χ1v) is 4.38. The number of aliphatic imine (C=N–C) groups is 1. The van der Waals surface area contributed by atoms with Gasteiger partial charge in [-0.05, 0) is 18.2 Å². The predicted molar refractivity (Wildman–Crippen MR) is 55.7 cm³/mol. The first kappa shape index (κ1) is 9.42. The summed E-state index contributed by atoms with van der Waals surface area (Å²) >= 11 is 9.63. The molecule has 0 fully saturated rings. The summed E-state index contributed by atoms with van der Waals surface area (Å²) in [6, 6.07) is 7.41. The molecule has 1 aromatic carbocycles. The van der Waals surface area contributed by atoms with Crippen LogP contribution < -0.4 is 5.73 Å². The molecule has 0 spiro atoms. The Labute approximate surface area is 81.9 Å². The molecule has 1 rings (SSSR count). The number of hydrogen-bond donors (Lipinski definition) is 2. The van der Waals surface area contributed by atoms with Crippen molar-refractivity contribution in [2.75, 3.05) is 5.88 Å². The molecule has 2 N–H and O–H groups in total. The van der Waals surface area contributed by atoms with Gasteiger partial charge >= 0.3 is 0 Å². The van der Waals surface area contributed by atoms with Gasteiger partial charge in [-0.2, -0.15) is 0 Å². The van der Waals surface area contributed by atoms with Gasteiger partial charge in [0.15, 0.2) is 0 Å². The van der Waals surface area contributed by atoms with E-state index in [2.05, 4.69) is 17.6 Å². The molecule has 0 saturated carbocycles. The van der Waals surface area contributed by atoms with Crippen molar-refractivity contribution in [3.8, 4) is 0 Å². The lowest BCUT2D eigenvalue weighted by molar-refractivity contribution is 1.39. The van der Waals surface area contributed by atoms with Crippen molar-refractivity contribution >= 4 is 35.8 Å². The maximum atomic E-state index is 5.47. The molecule has 0 aliphatic rings. The van der Waals surface area contributed by atoms with Gasteiger partial charge in [-0.1, -0.05) is 6.07 Å². The number of alkyl halides is 1. The molecule has 12 heavy (non-hydrogen) atoms. The summed E-state index contributed by atoms with van der Waals surface area (Å²) in [6.07, 6.45) is 0. The van der Waals surface area contributed by atoms with Crippen LogP contribution in [0.2, 0.25) is 0 Å². The Bertz CT molecular complexity index is 299. The van der Waals surface area contributed by atoms with E-state index in [1.807, 2.05) is 24.3 Å². The van der Waals surface area contributed by atoms with Crippen LogP contribution in [-0.2, 0) is 0 Å². The number of amidine groups is 1. The molecule has 0 aromatic heterocycles. The SMILES string of the molecule is NC(CCl)=Nc1cccc(S)c1. The van der Waals surface area contributed by atoms with Crippen molar-refractivity contribution < 1.29 is 0 Å². The highest BCUT2D eigenvalue weighted by molar-refractivity contribution is 7.80. The first-order chi connectivity index (χ1) is 5.72. The minimum Gasteiger partial charge on any atom is -0.386 e. The summed E-state index contributed by atoms with van der Waals surface area (Å²) in [7, 11) is 0. The van der Waals surface area contributed by atoms with Crippen LogP contribution in [-0.4, -0.2) is 11.7 Å². The number of nitrogens with zero attached hydrogens (tertiary/aromatic N) is 1. The predicted octanol–water partition coefficient (Wildman–Crippen LogP) is 2.20. The van der Waals surface area contributed by atoms with Crippen molar-refractivity contribution in [1.29, 1.82) is 0 Å². The van der Waals surface area contributed by atoms with Gasteiger partial charge in [-0.3, -0.25) is 0 Å². The van der Waals surface area contributed by atoms with Gasteiger partial charge in [-0.15, -0.1) is 24.2 Å². The lowest BCUT2D eigenvalue weighted by Crippen LogP contribution is -2.12. The topological polar surface area (TPSA) is 38.4 Å². The van der Waals surface area contributed by atoms with Crippen molar-refractivity contribution in [2.45, 2.75) is 4.90 Å². The van der Waals surface area contributed by atoms with Crippen LogP contribution in [0.5, 0.6) is 0 Å². The van der Waals surface area contributed by atoms with E-state index >= 15 is 0 Å². The standard InChI is InChI=1S/C8H9ClN2S/c9-5-8(10)11-6-2-1-3-7(12)4-6/h1-4,12H,5H2,(H2,10,11). The minimum absolute atomic E-state index is 0.247. The van der Waals surface area contributed by atoms with Gasteiger partial charge < -0.3 is 5.73 Å². The third kappa shape index (κ3) is 2.75. The highest BCUT2D eigenvalue weighted by Gasteiger charge is 1.91. The third-order valence-corrected chi connectivity index (χ3v) is 1.79. The fourth-order valence-corrected chi connectivity index (χ4v) is 1.04. The van der Waals surface area contributed by atoms with Gasteiger partial charge in [0.05, 0.1) is 11.6 Å². The van der Waals surface area contributed by atoms with Gasteiger partial charge in [0.2, 0.25) is 0 Å².